The molecule has 26 heavy (non-hydrogen) atoms. The van der Waals surface area contributed by atoms with E-state index in [0.717, 1.165) is 16.0 Å². The van der Waals surface area contributed by atoms with Gasteiger partial charge in [0.1, 0.15) is 24.6 Å². The SMILES string of the molecule is O=C1OC[C@H](c2ccccc2)N1C(=O)[C@@H](O)CCCc1ccc(F)cc1. The number of ether oxygens (including phenoxy) is 1. The van der Waals surface area contributed by atoms with Crippen molar-refractivity contribution in [2.75, 3.05) is 6.61 Å². The summed E-state index contributed by atoms with van der Waals surface area (Å²) >= 11 is 0. The van der Waals surface area contributed by atoms with Crippen molar-refractivity contribution in [1.29, 1.82) is 0 Å². The van der Waals surface area contributed by atoms with Crippen LogP contribution in [-0.2, 0) is 16.0 Å². The molecule has 1 saturated heterocycles. The van der Waals surface area contributed by atoms with Gasteiger partial charge in [-0.15, -0.1) is 0 Å². The number of carbonyl (C=O) groups is 2. The second kappa shape index (κ2) is 8.10. The molecule has 136 valence electrons. The molecule has 2 atom stereocenters. The zero-order valence-corrected chi connectivity index (χ0v) is 14.2. The van der Waals surface area contributed by atoms with E-state index in [-0.39, 0.29) is 18.8 Å². The lowest BCUT2D eigenvalue weighted by Crippen LogP contribution is -2.41. The topological polar surface area (TPSA) is 66.8 Å². The van der Waals surface area contributed by atoms with Crippen LogP contribution in [0.2, 0.25) is 0 Å². The predicted octanol–water partition coefficient (Wildman–Crippen LogP) is 3.23. The normalized spacial score (nSPS) is 17.8. The lowest BCUT2D eigenvalue weighted by molar-refractivity contribution is -0.138. The maximum Gasteiger partial charge on any atom is 0.417 e. The molecule has 0 aromatic heterocycles. The van der Waals surface area contributed by atoms with Crippen molar-refractivity contribution >= 4 is 12.0 Å². The molecule has 2 aromatic rings. The Labute approximate surface area is 151 Å². The monoisotopic (exact) mass is 357 g/mol. The van der Waals surface area contributed by atoms with Gasteiger partial charge in [-0.1, -0.05) is 42.5 Å². The lowest BCUT2D eigenvalue weighted by Gasteiger charge is -2.22. The number of amides is 2. The Hall–Kier alpha value is -2.73. The van der Waals surface area contributed by atoms with E-state index in [2.05, 4.69) is 0 Å². The molecule has 1 N–H and O–H groups in total. The molecule has 0 spiro atoms. The van der Waals surface area contributed by atoms with E-state index >= 15 is 0 Å². The molecule has 1 fully saturated rings. The summed E-state index contributed by atoms with van der Waals surface area (Å²) in [6.45, 7) is 0.0802. The number of carbonyl (C=O) groups excluding carboxylic acids is 2. The van der Waals surface area contributed by atoms with E-state index in [1.54, 1.807) is 12.1 Å². The van der Waals surface area contributed by atoms with Gasteiger partial charge in [-0.2, -0.15) is 0 Å². The summed E-state index contributed by atoms with van der Waals surface area (Å²) in [5.41, 5.74) is 1.71. The van der Waals surface area contributed by atoms with Crippen LogP contribution in [0.25, 0.3) is 0 Å². The first kappa shape index (κ1) is 18.1. The molecule has 2 aromatic carbocycles. The number of hydrogen-bond donors (Lipinski definition) is 1. The Morgan fingerprint density at radius 2 is 1.88 bits per heavy atom. The minimum atomic E-state index is -1.28. The first-order valence-electron chi connectivity index (χ1n) is 8.53. The van der Waals surface area contributed by atoms with Gasteiger partial charge in [0.05, 0.1) is 0 Å². The second-order valence-corrected chi connectivity index (χ2v) is 6.25. The predicted molar refractivity (Wildman–Crippen MR) is 92.7 cm³/mol. The van der Waals surface area contributed by atoms with Crippen molar-refractivity contribution in [3.05, 3.63) is 71.5 Å². The highest BCUT2D eigenvalue weighted by Gasteiger charge is 2.40. The third kappa shape index (κ3) is 4.08. The summed E-state index contributed by atoms with van der Waals surface area (Å²) in [4.78, 5) is 25.5. The second-order valence-electron chi connectivity index (χ2n) is 6.25. The molecule has 0 unspecified atom stereocenters. The van der Waals surface area contributed by atoms with E-state index in [1.807, 2.05) is 30.3 Å². The van der Waals surface area contributed by atoms with Gasteiger partial charge in [0.25, 0.3) is 5.91 Å². The smallest absolute Gasteiger partial charge is 0.417 e. The van der Waals surface area contributed by atoms with Crippen LogP contribution in [0.1, 0.15) is 30.0 Å². The Balaban J connectivity index is 1.59. The molecular formula is C20H20FNO4. The number of aliphatic hydroxyl groups excluding tert-OH is 1. The molecular weight excluding hydrogens is 337 g/mol. The highest BCUT2D eigenvalue weighted by atomic mass is 19.1. The Kier molecular flexibility index (Phi) is 5.63. The van der Waals surface area contributed by atoms with E-state index in [1.165, 1.54) is 12.1 Å². The molecule has 5 nitrogen and oxygen atoms in total. The van der Waals surface area contributed by atoms with Gasteiger partial charge in [0, 0.05) is 0 Å². The molecule has 1 heterocycles. The fourth-order valence-electron chi connectivity index (χ4n) is 3.02. The molecule has 1 aliphatic heterocycles. The zero-order valence-electron chi connectivity index (χ0n) is 14.2. The molecule has 6 heteroatoms. The first-order valence-corrected chi connectivity index (χ1v) is 8.53. The molecule has 0 saturated carbocycles. The van der Waals surface area contributed by atoms with E-state index in [4.69, 9.17) is 4.74 Å². The summed E-state index contributed by atoms with van der Waals surface area (Å²) in [7, 11) is 0. The van der Waals surface area contributed by atoms with E-state index < -0.39 is 24.1 Å². The summed E-state index contributed by atoms with van der Waals surface area (Å²) in [5.74, 6) is -0.955. The van der Waals surface area contributed by atoms with E-state index in [9.17, 15) is 19.1 Å². The molecule has 0 bridgehead atoms. The average Bonchev–Trinajstić information content (AvgIpc) is 3.05. The number of aryl methyl sites for hydroxylation is 1. The summed E-state index contributed by atoms with van der Waals surface area (Å²) < 4.78 is 17.9. The highest BCUT2D eigenvalue weighted by molar-refractivity contribution is 5.96. The largest absolute Gasteiger partial charge is 0.446 e. The van der Waals surface area contributed by atoms with Crippen molar-refractivity contribution in [1.82, 2.24) is 4.90 Å². The van der Waals surface area contributed by atoms with Crippen LogP contribution in [0.3, 0.4) is 0 Å². The lowest BCUT2D eigenvalue weighted by atomic mass is 10.0. The van der Waals surface area contributed by atoms with Gasteiger partial charge in [-0.25, -0.2) is 14.1 Å². The summed E-state index contributed by atoms with van der Waals surface area (Å²) in [6.07, 6.45) is -0.662. The van der Waals surface area contributed by atoms with Crippen molar-refractivity contribution in [3.63, 3.8) is 0 Å². The maximum absolute atomic E-state index is 12.9. The summed E-state index contributed by atoms with van der Waals surface area (Å²) in [6, 6.07) is 14.7. The standard InChI is InChI=1S/C20H20FNO4/c21-16-11-9-14(10-12-16)5-4-8-18(23)19(24)22-17(13-26-20(22)25)15-6-2-1-3-7-15/h1-3,6-7,9-12,17-18,23H,4-5,8,13H2/t17-,18+/m1/s1. The van der Waals surface area contributed by atoms with Crippen LogP contribution < -0.4 is 0 Å². The Morgan fingerprint density at radius 1 is 1.19 bits per heavy atom. The molecule has 0 aliphatic carbocycles. The number of cyclic esters (lactones) is 1. The van der Waals surface area contributed by atoms with Gasteiger partial charge in [-0.3, -0.25) is 4.79 Å². The Morgan fingerprint density at radius 3 is 2.58 bits per heavy atom. The highest BCUT2D eigenvalue weighted by Crippen LogP contribution is 2.28. The first-order chi connectivity index (χ1) is 12.6. The number of imide groups is 1. The third-order valence-corrected chi connectivity index (χ3v) is 4.44. The molecule has 3 rings (SSSR count). The average molecular weight is 357 g/mol. The number of rotatable bonds is 6. The fraction of sp³-hybridized carbons (Fsp3) is 0.300. The maximum atomic E-state index is 12.9. The van der Waals surface area contributed by atoms with Gasteiger partial charge in [-0.05, 0) is 42.5 Å². The van der Waals surface area contributed by atoms with Crippen LogP contribution >= 0.6 is 0 Å². The zero-order chi connectivity index (χ0) is 18.5. The number of benzene rings is 2. The minimum absolute atomic E-state index is 0.0802. The number of halogens is 1. The minimum Gasteiger partial charge on any atom is -0.446 e. The molecule has 1 aliphatic rings. The van der Waals surface area contributed by atoms with Crippen molar-refractivity contribution < 1.29 is 23.8 Å². The van der Waals surface area contributed by atoms with Crippen LogP contribution in [0, 0.1) is 5.82 Å². The summed E-state index contributed by atoms with van der Waals surface area (Å²) in [5, 5.41) is 10.2. The number of hydrogen-bond acceptors (Lipinski definition) is 4. The van der Waals surface area contributed by atoms with Gasteiger partial charge in [0.15, 0.2) is 0 Å². The van der Waals surface area contributed by atoms with Crippen molar-refractivity contribution in [2.24, 2.45) is 0 Å². The van der Waals surface area contributed by atoms with Crippen LogP contribution in [0.15, 0.2) is 54.6 Å². The number of nitrogens with zero attached hydrogens (tertiary/aromatic N) is 1. The van der Waals surface area contributed by atoms with Crippen LogP contribution in [0.4, 0.5) is 9.18 Å². The quantitative estimate of drug-likeness (QED) is 0.862. The number of aliphatic hydroxyl groups is 1. The third-order valence-electron chi connectivity index (χ3n) is 4.44. The van der Waals surface area contributed by atoms with Crippen molar-refractivity contribution in [3.8, 4) is 0 Å². The van der Waals surface area contributed by atoms with Crippen LogP contribution in [-0.4, -0.2) is 34.7 Å². The van der Waals surface area contributed by atoms with Gasteiger partial charge in [0.2, 0.25) is 0 Å². The molecule has 0 radical (unpaired) electrons. The fourth-order valence-corrected chi connectivity index (χ4v) is 3.02. The van der Waals surface area contributed by atoms with Gasteiger partial charge >= 0.3 is 6.09 Å². The van der Waals surface area contributed by atoms with Gasteiger partial charge < -0.3 is 9.84 Å². The van der Waals surface area contributed by atoms with E-state index in [0.29, 0.717) is 12.8 Å². The molecule has 2 amide bonds. The Bertz CT molecular complexity index is 763. The van der Waals surface area contributed by atoms with Crippen LogP contribution in [0.5, 0.6) is 0 Å². The van der Waals surface area contributed by atoms with Crippen molar-refractivity contribution in [2.45, 2.75) is 31.4 Å².